The van der Waals surface area contributed by atoms with Gasteiger partial charge in [0, 0.05) is 18.8 Å². The van der Waals surface area contributed by atoms with E-state index >= 15 is 0 Å². The van der Waals surface area contributed by atoms with Crippen molar-refractivity contribution in [1.29, 1.82) is 0 Å². The summed E-state index contributed by atoms with van der Waals surface area (Å²) in [4.78, 5) is 29.1. The summed E-state index contributed by atoms with van der Waals surface area (Å²) >= 11 is 0. The third-order valence-corrected chi connectivity index (χ3v) is 6.51. The van der Waals surface area contributed by atoms with Crippen LogP contribution in [-0.4, -0.2) is 46.1 Å². The minimum atomic E-state index is -1.04. The predicted octanol–water partition coefficient (Wildman–Crippen LogP) is 3.95. The van der Waals surface area contributed by atoms with Gasteiger partial charge < -0.3 is 10.1 Å². The van der Waals surface area contributed by atoms with Gasteiger partial charge in [-0.2, -0.15) is 0 Å². The highest BCUT2D eigenvalue weighted by Gasteiger charge is 2.34. The molecule has 1 aliphatic heterocycles. The van der Waals surface area contributed by atoms with Gasteiger partial charge >= 0.3 is 0 Å². The van der Waals surface area contributed by atoms with Crippen LogP contribution in [-0.2, 0) is 20.9 Å². The molecule has 2 amide bonds. The molecule has 5 rings (SSSR count). The van der Waals surface area contributed by atoms with Crippen molar-refractivity contribution in [1.82, 2.24) is 20.3 Å². The van der Waals surface area contributed by atoms with Gasteiger partial charge in [-0.15, -0.1) is 5.10 Å². The molecule has 0 radical (unpaired) electrons. The highest BCUT2D eigenvalue weighted by atomic mass is 19.1. The molecular formula is C28H28FN5O3. The van der Waals surface area contributed by atoms with Gasteiger partial charge in [-0.3, -0.25) is 14.5 Å². The maximum absolute atomic E-state index is 13.9. The van der Waals surface area contributed by atoms with Gasteiger partial charge in [0.2, 0.25) is 11.8 Å². The summed E-state index contributed by atoms with van der Waals surface area (Å²) in [5.41, 5.74) is 3.42. The molecule has 1 fully saturated rings. The Morgan fingerprint density at radius 3 is 2.59 bits per heavy atom. The molecule has 1 aromatic heterocycles. The summed E-state index contributed by atoms with van der Waals surface area (Å²) in [7, 11) is 0. The van der Waals surface area contributed by atoms with Gasteiger partial charge in [0.15, 0.2) is 0 Å². The number of para-hydroxylation sites is 1. The van der Waals surface area contributed by atoms with Gasteiger partial charge in [-0.25, -0.2) is 9.07 Å². The molecule has 0 unspecified atom stereocenters. The molecule has 1 N–H and O–H groups in total. The quantitative estimate of drug-likeness (QED) is 0.395. The van der Waals surface area contributed by atoms with Crippen molar-refractivity contribution in [2.24, 2.45) is 0 Å². The third-order valence-electron chi connectivity index (χ3n) is 6.51. The molecule has 190 valence electrons. The van der Waals surface area contributed by atoms with Crippen molar-refractivity contribution in [3.63, 3.8) is 0 Å². The zero-order chi connectivity index (χ0) is 25.8. The fraction of sp³-hybridized carbons (Fsp3) is 0.286. The molecule has 8 nitrogen and oxygen atoms in total. The number of carbonyl (C=O) groups is 2. The van der Waals surface area contributed by atoms with E-state index in [1.165, 1.54) is 33.8 Å². The van der Waals surface area contributed by atoms with E-state index in [0.717, 1.165) is 18.4 Å². The van der Waals surface area contributed by atoms with Crippen LogP contribution in [0.5, 0.6) is 0 Å². The Balaban J connectivity index is 1.52. The van der Waals surface area contributed by atoms with E-state index in [9.17, 15) is 14.0 Å². The first-order valence-electron chi connectivity index (χ1n) is 12.3. The Kier molecular flexibility index (Phi) is 7.23. The number of carbonyl (C=O) groups excluding carboxylic acids is 2. The Bertz CT molecular complexity index is 1380. The Morgan fingerprint density at radius 1 is 1.11 bits per heavy atom. The average molecular weight is 502 g/mol. The number of fused-ring (bicyclic) bond motifs is 1. The zero-order valence-corrected chi connectivity index (χ0v) is 20.5. The number of ether oxygens (including phenoxy) is 1. The number of anilines is 1. The molecule has 3 aromatic carbocycles. The molecule has 0 saturated carbocycles. The van der Waals surface area contributed by atoms with Crippen molar-refractivity contribution in [2.45, 2.75) is 38.5 Å². The van der Waals surface area contributed by atoms with E-state index in [-0.39, 0.29) is 24.5 Å². The lowest BCUT2D eigenvalue weighted by atomic mass is 10.0. The first-order chi connectivity index (χ1) is 18.0. The highest BCUT2D eigenvalue weighted by molar-refractivity contribution is 6.01. The van der Waals surface area contributed by atoms with Crippen LogP contribution < -0.4 is 10.2 Å². The van der Waals surface area contributed by atoms with E-state index in [1.54, 1.807) is 12.1 Å². The maximum Gasteiger partial charge on any atom is 0.249 e. The van der Waals surface area contributed by atoms with E-state index in [0.29, 0.717) is 35.4 Å². The normalized spacial score (nSPS) is 16.0. The molecule has 37 heavy (non-hydrogen) atoms. The van der Waals surface area contributed by atoms with Crippen molar-refractivity contribution >= 4 is 28.5 Å². The smallest absolute Gasteiger partial charge is 0.249 e. The Labute approximate surface area is 214 Å². The molecule has 0 bridgehead atoms. The van der Waals surface area contributed by atoms with Crippen LogP contribution in [0.15, 0.2) is 72.8 Å². The lowest BCUT2D eigenvalue weighted by Gasteiger charge is -2.32. The first kappa shape index (κ1) is 24.6. The van der Waals surface area contributed by atoms with E-state index in [1.807, 2.05) is 43.3 Å². The SMILES string of the molecule is Cc1ccc(N(C(=O)Cn2nnc3ccccc32)[C@H](C(=O)NC[C@H]2CCCO2)c2ccc(F)cc2)cc1. The maximum atomic E-state index is 13.9. The van der Waals surface area contributed by atoms with Crippen LogP contribution in [0.25, 0.3) is 11.0 Å². The van der Waals surface area contributed by atoms with Crippen LogP contribution in [0, 0.1) is 12.7 Å². The number of halogens is 1. The number of amides is 2. The van der Waals surface area contributed by atoms with Crippen LogP contribution in [0.2, 0.25) is 0 Å². The van der Waals surface area contributed by atoms with Gasteiger partial charge in [0.1, 0.15) is 23.9 Å². The predicted molar refractivity (Wildman–Crippen MR) is 137 cm³/mol. The standard InChI is InChI=1S/C28H28FN5O3/c1-19-8-14-22(15-9-19)34(26(35)18-33-25-7-3-2-6-24(25)31-32-33)27(20-10-12-21(29)13-11-20)28(36)30-17-23-5-4-16-37-23/h2-3,6-15,23,27H,4-5,16-18H2,1H3,(H,30,36)/t23-,27+/m1/s1. The molecule has 0 aliphatic carbocycles. The molecule has 1 aliphatic rings. The van der Waals surface area contributed by atoms with Crippen molar-refractivity contribution in [3.8, 4) is 0 Å². The second kappa shape index (κ2) is 10.9. The van der Waals surface area contributed by atoms with E-state index < -0.39 is 11.9 Å². The molecule has 2 atom stereocenters. The van der Waals surface area contributed by atoms with Crippen molar-refractivity contribution < 1.29 is 18.7 Å². The molecule has 9 heteroatoms. The zero-order valence-electron chi connectivity index (χ0n) is 20.5. The van der Waals surface area contributed by atoms with Crippen LogP contribution in [0.1, 0.15) is 30.0 Å². The van der Waals surface area contributed by atoms with Gasteiger partial charge in [-0.05, 0) is 61.7 Å². The number of aromatic nitrogens is 3. The number of aryl methyl sites for hydroxylation is 1. The topological polar surface area (TPSA) is 89.4 Å². The number of nitrogens with one attached hydrogen (secondary N) is 1. The molecule has 4 aromatic rings. The molecular weight excluding hydrogens is 473 g/mol. The fourth-order valence-corrected chi connectivity index (χ4v) is 4.56. The van der Waals surface area contributed by atoms with Crippen molar-refractivity contribution in [2.75, 3.05) is 18.1 Å². The number of hydrogen-bond acceptors (Lipinski definition) is 5. The van der Waals surface area contributed by atoms with Gasteiger partial charge in [0.25, 0.3) is 0 Å². The highest BCUT2D eigenvalue weighted by Crippen LogP contribution is 2.29. The minimum absolute atomic E-state index is 0.0668. The second-order valence-electron chi connectivity index (χ2n) is 9.17. The van der Waals surface area contributed by atoms with Gasteiger partial charge in [-0.1, -0.05) is 47.2 Å². The minimum Gasteiger partial charge on any atom is -0.376 e. The van der Waals surface area contributed by atoms with Crippen LogP contribution in [0.4, 0.5) is 10.1 Å². The summed E-state index contributed by atoms with van der Waals surface area (Å²) in [6.07, 6.45) is 1.74. The summed E-state index contributed by atoms with van der Waals surface area (Å²) in [5.74, 6) is -1.16. The second-order valence-corrected chi connectivity index (χ2v) is 9.17. The summed E-state index contributed by atoms with van der Waals surface area (Å²) in [6.45, 7) is 2.82. The van der Waals surface area contributed by atoms with Crippen LogP contribution in [0.3, 0.4) is 0 Å². The first-order valence-corrected chi connectivity index (χ1v) is 12.3. The Hall–Kier alpha value is -4.11. The summed E-state index contributed by atoms with van der Waals surface area (Å²) < 4.78 is 21.0. The lowest BCUT2D eigenvalue weighted by Crippen LogP contribution is -2.46. The third kappa shape index (κ3) is 5.51. The fourth-order valence-electron chi connectivity index (χ4n) is 4.56. The molecule has 0 spiro atoms. The summed E-state index contributed by atoms with van der Waals surface area (Å²) in [6, 6.07) is 19.3. The monoisotopic (exact) mass is 501 g/mol. The summed E-state index contributed by atoms with van der Waals surface area (Å²) in [5, 5.41) is 11.3. The number of hydrogen-bond donors (Lipinski definition) is 1. The van der Waals surface area contributed by atoms with Crippen LogP contribution >= 0.6 is 0 Å². The number of nitrogens with zero attached hydrogens (tertiary/aromatic N) is 4. The molecule has 2 heterocycles. The average Bonchev–Trinajstić information content (AvgIpc) is 3.58. The largest absolute Gasteiger partial charge is 0.376 e. The number of benzene rings is 3. The van der Waals surface area contributed by atoms with E-state index in [2.05, 4.69) is 15.6 Å². The Morgan fingerprint density at radius 2 is 1.86 bits per heavy atom. The van der Waals surface area contributed by atoms with Gasteiger partial charge in [0.05, 0.1) is 11.6 Å². The van der Waals surface area contributed by atoms with E-state index in [4.69, 9.17) is 4.74 Å². The van der Waals surface area contributed by atoms with Crippen molar-refractivity contribution in [3.05, 3.63) is 89.7 Å². The number of rotatable bonds is 8. The molecule has 1 saturated heterocycles. The lowest BCUT2D eigenvalue weighted by molar-refractivity contribution is -0.127.